The van der Waals surface area contributed by atoms with Crippen LogP contribution in [0.5, 0.6) is 0 Å². The van der Waals surface area contributed by atoms with Gasteiger partial charge in [-0.05, 0) is 48.8 Å². The Morgan fingerprint density at radius 3 is 2.44 bits per heavy atom. The molecule has 4 heteroatoms. The van der Waals surface area contributed by atoms with Crippen molar-refractivity contribution in [1.29, 1.82) is 0 Å². The number of rotatable bonds is 3. The number of para-hydroxylation sites is 2. The van der Waals surface area contributed by atoms with E-state index in [2.05, 4.69) is 45.0 Å². The molecule has 0 radical (unpaired) electrons. The molecule has 1 heterocycles. The molecule has 4 aromatic rings. The van der Waals surface area contributed by atoms with E-state index in [-0.39, 0.29) is 17.2 Å². The van der Waals surface area contributed by atoms with Crippen molar-refractivity contribution < 1.29 is 4.79 Å². The lowest BCUT2D eigenvalue weighted by atomic mass is 9.67. The van der Waals surface area contributed by atoms with E-state index in [0.717, 1.165) is 51.7 Å². The lowest BCUT2D eigenvalue weighted by Crippen LogP contribution is -2.52. The number of benzene rings is 3. The summed E-state index contributed by atoms with van der Waals surface area (Å²) in [4.78, 5) is 26.7. The molecule has 1 aromatic heterocycles. The van der Waals surface area contributed by atoms with Gasteiger partial charge in [0.15, 0.2) is 0 Å². The van der Waals surface area contributed by atoms with E-state index in [4.69, 9.17) is 9.97 Å². The summed E-state index contributed by atoms with van der Waals surface area (Å²) in [7, 11) is 0. The van der Waals surface area contributed by atoms with Gasteiger partial charge in [0.2, 0.25) is 5.91 Å². The smallest absolute Gasteiger partial charge is 0.239 e. The largest absolute Gasteiger partial charge is 0.311 e. The van der Waals surface area contributed by atoms with Crippen molar-refractivity contribution in [3.63, 3.8) is 0 Å². The van der Waals surface area contributed by atoms with E-state index < -0.39 is 5.41 Å². The van der Waals surface area contributed by atoms with Crippen LogP contribution in [-0.2, 0) is 10.2 Å². The van der Waals surface area contributed by atoms with Crippen LogP contribution in [0, 0.1) is 5.41 Å². The second-order valence-electron chi connectivity index (χ2n) is 9.71. The quantitative estimate of drug-likeness (QED) is 0.408. The summed E-state index contributed by atoms with van der Waals surface area (Å²) in [6.45, 7) is 7.17. The van der Waals surface area contributed by atoms with E-state index in [9.17, 15) is 4.79 Å². The summed E-state index contributed by atoms with van der Waals surface area (Å²) in [5, 5.41) is 2.26. The molecule has 0 N–H and O–H groups in total. The molecule has 6 rings (SSSR count). The van der Waals surface area contributed by atoms with E-state index in [1.165, 1.54) is 0 Å². The molecule has 3 aromatic carbocycles. The summed E-state index contributed by atoms with van der Waals surface area (Å²) in [6.07, 6.45) is 1.80. The third-order valence-corrected chi connectivity index (χ3v) is 8.09. The second-order valence-corrected chi connectivity index (χ2v) is 9.71. The van der Waals surface area contributed by atoms with Gasteiger partial charge in [-0.25, -0.2) is 9.97 Å². The minimum atomic E-state index is -0.656. The van der Waals surface area contributed by atoms with E-state index in [1.54, 1.807) is 0 Å². The Kier molecular flexibility index (Phi) is 4.01. The number of anilines is 1. The fourth-order valence-corrected chi connectivity index (χ4v) is 6.40. The zero-order chi connectivity index (χ0) is 22.1. The highest BCUT2D eigenvalue weighted by Crippen LogP contribution is 2.67. The van der Waals surface area contributed by atoms with Crippen LogP contribution in [0.15, 0.2) is 66.7 Å². The van der Waals surface area contributed by atoms with E-state index in [1.807, 2.05) is 47.4 Å². The van der Waals surface area contributed by atoms with Gasteiger partial charge in [-0.2, -0.15) is 0 Å². The van der Waals surface area contributed by atoms with Crippen LogP contribution in [0.1, 0.15) is 50.9 Å². The minimum absolute atomic E-state index is 0.159. The Bertz CT molecular complexity index is 1390. The molecule has 0 aliphatic heterocycles. The monoisotopic (exact) mass is 421 g/mol. The number of fused-ring (bicyclic) bond motifs is 7. The molecule has 2 atom stereocenters. The van der Waals surface area contributed by atoms with Crippen molar-refractivity contribution >= 4 is 33.4 Å². The van der Waals surface area contributed by atoms with E-state index >= 15 is 0 Å². The fourth-order valence-electron chi connectivity index (χ4n) is 6.40. The molecule has 0 spiro atoms. The molecule has 4 nitrogen and oxygen atoms in total. The topological polar surface area (TPSA) is 46.1 Å². The standard InChI is InChI=1S/C28H27N3O/c1-4-31(23-15-9-11-18-10-5-6-12-19(18)23)26(32)28-17-16-20(27(28,2)3)24-25(28)30-22-14-8-7-13-21(22)29-24/h5-15,20H,4,16-17H2,1-3H3. The number of carbonyl (C=O) groups excluding carboxylic acids is 1. The van der Waals surface area contributed by atoms with Gasteiger partial charge in [0, 0.05) is 17.8 Å². The van der Waals surface area contributed by atoms with Crippen LogP contribution >= 0.6 is 0 Å². The number of carbonyl (C=O) groups is 1. The summed E-state index contributed by atoms with van der Waals surface area (Å²) >= 11 is 0. The Labute approximate surface area is 188 Å². The van der Waals surface area contributed by atoms with Gasteiger partial charge in [0.25, 0.3) is 0 Å². The molecule has 1 saturated carbocycles. The van der Waals surface area contributed by atoms with Crippen molar-refractivity contribution in [1.82, 2.24) is 9.97 Å². The number of nitrogens with zero attached hydrogens (tertiary/aromatic N) is 3. The summed E-state index contributed by atoms with van der Waals surface area (Å²) in [5.74, 6) is 0.414. The molecule has 1 fully saturated rings. The minimum Gasteiger partial charge on any atom is -0.311 e. The van der Waals surface area contributed by atoms with Crippen LogP contribution in [0.3, 0.4) is 0 Å². The first-order valence-corrected chi connectivity index (χ1v) is 11.6. The average molecular weight is 422 g/mol. The van der Waals surface area contributed by atoms with Crippen LogP contribution < -0.4 is 4.90 Å². The molecular weight excluding hydrogens is 394 g/mol. The zero-order valence-corrected chi connectivity index (χ0v) is 18.8. The molecule has 32 heavy (non-hydrogen) atoms. The average Bonchev–Trinajstić information content (AvgIpc) is 3.19. The third kappa shape index (κ3) is 2.30. The highest BCUT2D eigenvalue weighted by Gasteiger charge is 2.68. The Hall–Kier alpha value is -3.27. The van der Waals surface area contributed by atoms with Gasteiger partial charge in [0.05, 0.1) is 33.5 Å². The number of aromatic nitrogens is 2. The highest BCUT2D eigenvalue weighted by molar-refractivity contribution is 6.08. The number of hydrogen-bond acceptors (Lipinski definition) is 3. The van der Waals surface area contributed by atoms with Crippen molar-refractivity contribution in [2.45, 2.75) is 44.9 Å². The first-order chi connectivity index (χ1) is 15.5. The van der Waals surface area contributed by atoms with Crippen LogP contribution in [0.4, 0.5) is 5.69 Å². The van der Waals surface area contributed by atoms with Gasteiger partial charge < -0.3 is 4.90 Å². The van der Waals surface area contributed by atoms with Crippen LogP contribution in [0.25, 0.3) is 21.8 Å². The predicted octanol–water partition coefficient (Wildman–Crippen LogP) is 5.99. The fraction of sp³-hybridized carbons (Fsp3) is 0.321. The number of amides is 1. The van der Waals surface area contributed by atoms with Gasteiger partial charge in [0.1, 0.15) is 0 Å². The molecule has 2 aliphatic carbocycles. The SMILES string of the molecule is CCN(C(=O)C12CCC(c3nc4ccccc4nc31)C2(C)C)c1cccc2ccccc12. The van der Waals surface area contributed by atoms with E-state index in [0.29, 0.717) is 6.54 Å². The van der Waals surface area contributed by atoms with Crippen LogP contribution in [0.2, 0.25) is 0 Å². The molecule has 2 bridgehead atoms. The normalized spacial score (nSPS) is 22.9. The maximum absolute atomic E-state index is 14.6. The van der Waals surface area contributed by atoms with Crippen molar-refractivity contribution in [2.24, 2.45) is 5.41 Å². The Balaban J connectivity index is 1.57. The molecule has 2 aliphatic rings. The third-order valence-electron chi connectivity index (χ3n) is 8.09. The lowest BCUT2D eigenvalue weighted by molar-refractivity contribution is -0.127. The summed E-state index contributed by atoms with van der Waals surface area (Å²) in [5.41, 5.74) is 3.81. The first-order valence-electron chi connectivity index (χ1n) is 11.6. The van der Waals surface area contributed by atoms with Gasteiger partial charge in [-0.3, -0.25) is 4.79 Å². The first kappa shape index (κ1) is 19.4. The van der Waals surface area contributed by atoms with Gasteiger partial charge in [-0.1, -0.05) is 62.4 Å². The van der Waals surface area contributed by atoms with Crippen LogP contribution in [-0.4, -0.2) is 22.4 Å². The summed E-state index contributed by atoms with van der Waals surface area (Å²) in [6, 6.07) is 22.5. The molecular formula is C28H27N3O. The van der Waals surface area contributed by atoms with Crippen molar-refractivity contribution in [3.8, 4) is 0 Å². The molecule has 1 amide bonds. The predicted molar refractivity (Wildman–Crippen MR) is 129 cm³/mol. The zero-order valence-electron chi connectivity index (χ0n) is 18.8. The lowest BCUT2D eigenvalue weighted by Gasteiger charge is -2.40. The second kappa shape index (κ2) is 6.61. The maximum atomic E-state index is 14.6. The number of hydrogen-bond donors (Lipinski definition) is 0. The summed E-state index contributed by atoms with van der Waals surface area (Å²) < 4.78 is 0. The Morgan fingerprint density at radius 1 is 0.969 bits per heavy atom. The molecule has 2 unspecified atom stereocenters. The molecule has 0 saturated heterocycles. The number of likely N-dealkylation sites (N-methyl/N-ethyl adjacent to an activating group) is 1. The van der Waals surface area contributed by atoms with Crippen molar-refractivity contribution in [2.75, 3.05) is 11.4 Å². The van der Waals surface area contributed by atoms with Gasteiger partial charge in [-0.15, -0.1) is 0 Å². The Morgan fingerprint density at radius 2 is 1.66 bits per heavy atom. The highest BCUT2D eigenvalue weighted by atomic mass is 16.2. The van der Waals surface area contributed by atoms with Crippen molar-refractivity contribution in [3.05, 3.63) is 78.1 Å². The maximum Gasteiger partial charge on any atom is 0.239 e. The van der Waals surface area contributed by atoms with Gasteiger partial charge >= 0.3 is 0 Å². The molecule has 160 valence electrons.